The van der Waals surface area contributed by atoms with E-state index in [2.05, 4.69) is 10.1 Å². The van der Waals surface area contributed by atoms with Crippen LogP contribution in [0.3, 0.4) is 0 Å². The topological polar surface area (TPSA) is 71.1 Å². The molecule has 1 fully saturated rings. The Morgan fingerprint density at radius 3 is 3.05 bits per heavy atom. The molecule has 0 saturated carbocycles. The molecule has 110 valence electrons. The van der Waals surface area contributed by atoms with Crippen LogP contribution in [0, 0.1) is 0 Å². The molecule has 1 aliphatic rings. The lowest BCUT2D eigenvalue weighted by atomic mass is 10.0. The number of benzene rings is 1. The highest BCUT2D eigenvalue weighted by molar-refractivity contribution is 5.98. The van der Waals surface area contributed by atoms with E-state index in [4.69, 9.17) is 15.7 Å². The maximum atomic E-state index is 8.86. The van der Waals surface area contributed by atoms with Gasteiger partial charge in [0.05, 0.1) is 6.10 Å². The second-order valence-corrected chi connectivity index (χ2v) is 5.10. The van der Waals surface area contributed by atoms with E-state index in [0.29, 0.717) is 6.10 Å². The van der Waals surface area contributed by atoms with Crippen molar-refractivity contribution in [3.8, 4) is 0 Å². The highest BCUT2D eigenvalue weighted by Gasteiger charge is 2.21. The average molecular weight is 277 g/mol. The van der Waals surface area contributed by atoms with Gasteiger partial charge in [0.25, 0.3) is 0 Å². The molecule has 1 heterocycles. The van der Waals surface area contributed by atoms with Crippen molar-refractivity contribution >= 4 is 5.84 Å². The predicted octanol–water partition coefficient (Wildman–Crippen LogP) is 1.78. The molecule has 2 rings (SSSR count). The van der Waals surface area contributed by atoms with Crippen LogP contribution in [-0.4, -0.2) is 41.7 Å². The standard InChI is InChI=1S/C15H23N3O2/c1-2-20-13-7-5-9-18(11-13)10-12-6-3-4-8-14(12)15(16)17-19/h3-4,6,8,13,19H,2,5,7,9-11H2,1H3,(H2,16,17). The molecule has 1 saturated heterocycles. The zero-order chi connectivity index (χ0) is 14.4. The van der Waals surface area contributed by atoms with Gasteiger partial charge in [0, 0.05) is 25.3 Å². The van der Waals surface area contributed by atoms with Gasteiger partial charge in [-0.1, -0.05) is 29.4 Å². The number of nitrogens with zero attached hydrogens (tertiary/aromatic N) is 2. The normalized spacial score (nSPS) is 21.1. The molecule has 1 aliphatic heterocycles. The van der Waals surface area contributed by atoms with Crippen LogP contribution in [0.4, 0.5) is 0 Å². The smallest absolute Gasteiger partial charge is 0.170 e. The zero-order valence-electron chi connectivity index (χ0n) is 12.0. The zero-order valence-corrected chi connectivity index (χ0v) is 12.0. The van der Waals surface area contributed by atoms with Crippen LogP contribution in [-0.2, 0) is 11.3 Å². The first-order valence-electron chi connectivity index (χ1n) is 7.14. The summed E-state index contributed by atoms with van der Waals surface area (Å²) in [5.41, 5.74) is 7.61. The second kappa shape index (κ2) is 7.26. The van der Waals surface area contributed by atoms with Crippen LogP contribution in [0.5, 0.6) is 0 Å². The fourth-order valence-corrected chi connectivity index (χ4v) is 2.73. The molecule has 0 aliphatic carbocycles. The summed E-state index contributed by atoms with van der Waals surface area (Å²) in [5.74, 6) is 0.166. The third kappa shape index (κ3) is 3.71. The monoisotopic (exact) mass is 277 g/mol. The van der Waals surface area contributed by atoms with E-state index in [1.807, 2.05) is 31.2 Å². The van der Waals surface area contributed by atoms with Crippen molar-refractivity contribution in [2.75, 3.05) is 19.7 Å². The Bertz CT molecular complexity index is 460. The van der Waals surface area contributed by atoms with Gasteiger partial charge in [-0.15, -0.1) is 0 Å². The molecule has 5 heteroatoms. The van der Waals surface area contributed by atoms with Gasteiger partial charge in [0.2, 0.25) is 0 Å². The molecular weight excluding hydrogens is 254 g/mol. The quantitative estimate of drug-likeness (QED) is 0.372. The van der Waals surface area contributed by atoms with Crippen molar-refractivity contribution < 1.29 is 9.94 Å². The first kappa shape index (κ1) is 14.8. The van der Waals surface area contributed by atoms with Gasteiger partial charge < -0.3 is 15.7 Å². The van der Waals surface area contributed by atoms with Crippen LogP contribution in [0.25, 0.3) is 0 Å². The van der Waals surface area contributed by atoms with Crippen LogP contribution in [0.15, 0.2) is 29.4 Å². The number of piperidine rings is 1. The first-order valence-corrected chi connectivity index (χ1v) is 7.14. The van der Waals surface area contributed by atoms with Crippen molar-refractivity contribution in [2.45, 2.75) is 32.4 Å². The lowest BCUT2D eigenvalue weighted by Crippen LogP contribution is -2.39. The molecule has 1 atom stereocenters. The summed E-state index contributed by atoms with van der Waals surface area (Å²) in [6.07, 6.45) is 2.60. The fourth-order valence-electron chi connectivity index (χ4n) is 2.73. The van der Waals surface area contributed by atoms with E-state index in [1.165, 1.54) is 0 Å². The Balaban J connectivity index is 2.06. The Morgan fingerprint density at radius 1 is 1.50 bits per heavy atom. The average Bonchev–Trinajstić information content (AvgIpc) is 2.48. The molecule has 5 nitrogen and oxygen atoms in total. The minimum absolute atomic E-state index is 0.166. The predicted molar refractivity (Wildman–Crippen MR) is 78.9 cm³/mol. The Kier molecular flexibility index (Phi) is 5.38. The van der Waals surface area contributed by atoms with Gasteiger partial charge in [0.15, 0.2) is 5.84 Å². The molecule has 3 N–H and O–H groups in total. The molecule has 0 spiro atoms. The van der Waals surface area contributed by atoms with E-state index < -0.39 is 0 Å². The summed E-state index contributed by atoms with van der Waals surface area (Å²) >= 11 is 0. The molecule has 0 bridgehead atoms. The van der Waals surface area contributed by atoms with Crippen molar-refractivity contribution in [3.63, 3.8) is 0 Å². The number of rotatable bonds is 5. The third-order valence-electron chi connectivity index (χ3n) is 3.66. The molecule has 1 aromatic rings. The van der Waals surface area contributed by atoms with Crippen LogP contribution in [0.2, 0.25) is 0 Å². The number of oxime groups is 1. The third-order valence-corrected chi connectivity index (χ3v) is 3.66. The second-order valence-electron chi connectivity index (χ2n) is 5.10. The van der Waals surface area contributed by atoms with Gasteiger partial charge in [-0.2, -0.15) is 0 Å². The fraction of sp³-hybridized carbons (Fsp3) is 0.533. The molecule has 1 aromatic carbocycles. The summed E-state index contributed by atoms with van der Waals surface area (Å²) < 4.78 is 5.72. The van der Waals surface area contributed by atoms with Crippen molar-refractivity contribution in [1.29, 1.82) is 0 Å². The van der Waals surface area contributed by atoms with E-state index in [0.717, 1.165) is 50.2 Å². The Hall–Kier alpha value is -1.59. The van der Waals surface area contributed by atoms with Crippen LogP contribution in [0.1, 0.15) is 30.9 Å². The number of ether oxygens (including phenoxy) is 1. The SMILES string of the molecule is CCOC1CCCN(Cc2ccccc2C(N)=NO)C1. The lowest BCUT2D eigenvalue weighted by Gasteiger charge is -2.32. The summed E-state index contributed by atoms with van der Waals surface area (Å²) in [5, 5.41) is 12.0. The summed E-state index contributed by atoms with van der Waals surface area (Å²) in [7, 11) is 0. The Labute approximate surface area is 120 Å². The van der Waals surface area contributed by atoms with E-state index in [1.54, 1.807) is 0 Å². The van der Waals surface area contributed by atoms with Gasteiger partial charge in [-0.3, -0.25) is 4.90 Å². The van der Waals surface area contributed by atoms with E-state index >= 15 is 0 Å². The van der Waals surface area contributed by atoms with Crippen LogP contribution >= 0.6 is 0 Å². The number of hydrogen-bond acceptors (Lipinski definition) is 4. The molecule has 0 radical (unpaired) electrons. The maximum Gasteiger partial charge on any atom is 0.170 e. The molecule has 0 amide bonds. The highest BCUT2D eigenvalue weighted by Crippen LogP contribution is 2.18. The van der Waals surface area contributed by atoms with Gasteiger partial charge >= 0.3 is 0 Å². The van der Waals surface area contributed by atoms with Gasteiger partial charge in [0.1, 0.15) is 0 Å². The molecule has 20 heavy (non-hydrogen) atoms. The van der Waals surface area contributed by atoms with Crippen LogP contribution < -0.4 is 5.73 Å². The van der Waals surface area contributed by atoms with Crippen molar-refractivity contribution in [3.05, 3.63) is 35.4 Å². The number of likely N-dealkylation sites (tertiary alicyclic amines) is 1. The lowest BCUT2D eigenvalue weighted by molar-refractivity contribution is 0.00362. The summed E-state index contributed by atoms with van der Waals surface area (Å²) in [6.45, 7) is 5.61. The molecular formula is C15H23N3O2. The van der Waals surface area contributed by atoms with Crippen molar-refractivity contribution in [1.82, 2.24) is 4.90 Å². The van der Waals surface area contributed by atoms with Crippen molar-refractivity contribution in [2.24, 2.45) is 10.9 Å². The largest absolute Gasteiger partial charge is 0.409 e. The number of nitrogens with two attached hydrogens (primary N) is 1. The minimum atomic E-state index is 0.166. The molecule has 0 aromatic heterocycles. The minimum Gasteiger partial charge on any atom is -0.409 e. The number of hydrogen-bond donors (Lipinski definition) is 2. The first-order chi connectivity index (χ1) is 9.74. The maximum absolute atomic E-state index is 8.86. The van der Waals surface area contributed by atoms with E-state index in [9.17, 15) is 0 Å². The summed E-state index contributed by atoms with van der Waals surface area (Å²) in [4.78, 5) is 2.37. The number of amidine groups is 1. The molecule has 1 unspecified atom stereocenters. The summed E-state index contributed by atoms with van der Waals surface area (Å²) in [6, 6.07) is 7.79. The van der Waals surface area contributed by atoms with Gasteiger partial charge in [-0.05, 0) is 31.9 Å². The highest BCUT2D eigenvalue weighted by atomic mass is 16.5. The van der Waals surface area contributed by atoms with Gasteiger partial charge in [-0.25, -0.2) is 0 Å². The van der Waals surface area contributed by atoms with E-state index in [-0.39, 0.29) is 5.84 Å². The Morgan fingerprint density at radius 2 is 2.30 bits per heavy atom.